The van der Waals surface area contributed by atoms with Gasteiger partial charge >= 0.3 is 5.97 Å². The third-order valence-electron chi connectivity index (χ3n) is 1.39. The van der Waals surface area contributed by atoms with Crippen LogP contribution in [0, 0.1) is 17.3 Å². The van der Waals surface area contributed by atoms with Crippen LogP contribution in [-0.2, 0) is 9.53 Å². The number of nitrogens with two attached hydrogens (primary N) is 1. The van der Waals surface area contributed by atoms with Crippen LogP contribution in [-0.4, -0.2) is 24.3 Å². The number of hydrogen-bond donors (Lipinski definition) is 2. The van der Waals surface area contributed by atoms with Crippen LogP contribution in [0.5, 0.6) is 0 Å². The molecule has 0 aromatic rings. The summed E-state index contributed by atoms with van der Waals surface area (Å²) in [5, 5.41) is 7.31. The molecule has 0 amide bonds. The summed E-state index contributed by atoms with van der Waals surface area (Å²) in [6.45, 7) is 3.84. The van der Waals surface area contributed by atoms with E-state index >= 15 is 0 Å². The molecule has 0 fully saturated rings. The molecule has 1 atom stereocenters. The van der Waals surface area contributed by atoms with Crippen LogP contribution < -0.4 is 5.73 Å². The fraction of sp³-hybridized carbons (Fsp3) is 0.556. The van der Waals surface area contributed by atoms with E-state index in [9.17, 15) is 4.79 Å². The Hall–Kier alpha value is -1.34. The zero-order chi connectivity index (χ0) is 10.3. The molecule has 0 aliphatic carbocycles. The number of esters is 1. The molecule has 0 spiro atoms. The van der Waals surface area contributed by atoms with Gasteiger partial charge in [-0.05, 0) is 19.3 Å². The summed E-state index contributed by atoms with van der Waals surface area (Å²) in [6, 6.07) is -0.387. The van der Waals surface area contributed by atoms with Crippen molar-refractivity contribution in [3.05, 3.63) is 0 Å². The Morgan fingerprint density at radius 2 is 2.15 bits per heavy atom. The molecule has 0 aromatic heterocycles. The van der Waals surface area contributed by atoms with E-state index in [0.717, 1.165) is 0 Å². The van der Waals surface area contributed by atoms with Crippen molar-refractivity contribution in [1.29, 1.82) is 5.41 Å². The van der Waals surface area contributed by atoms with E-state index in [1.54, 1.807) is 6.92 Å². The minimum atomic E-state index is -0.615. The summed E-state index contributed by atoms with van der Waals surface area (Å²) in [5.41, 5.74) is 5.56. The number of nitrogens with one attached hydrogen (secondary N) is 1. The number of rotatable bonds is 3. The van der Waals surface area contributed by atoms with Gasteiger partial charge < -0.3 is 10.5 Å². The van der Waals surface area contributed by atoms with E-state index in [-0.39, 0.29) is 11.8 Å². The van der Waals surface area contributed by atoms with Crippen LogP contribution >= 0.6 is 0 Å². The monoisotopic (exact) mass is 182 g/mol. The first-order chi connectivity index (χ1) is 6.11. The van der Waals surface area contributed by atoms with Crippen LogP contribution in [0.25, 0.3) is 0 Å². The van der Waals surface area contributed by atoms with Gasteiger partial charge in [0.05, 0.1) is 18.4 Å². The molecular formula is C9H14N2O2. The number of ether oxygens (including phenoxy) is 1. The zero-order valence-corrected chi connectivity index (χ0v) is 7.89. The molecule has 0 aromatic carbocycles. The first-order valence-corrected chi connectivity index (χ1v) is 4.14. The van der Waals surface area contributed by atoms with Crippen molar-refractivity contribution in [2.75, 3.05) is 6.61 Å². The molecule has 4 nitrogen and oxygen atoms in total. The van der Waals surface area contributed by atoms with Crippen molar-refractivity contribution in [2.45, 2.75) is 26.3 Å². The van der Waals surface area contributed by atoms with Gasteiger partial charge in [0, 0.05) is 5.92 Å². The Morgan fingerprint density at radius 3 is 2.62 bits per heavy atom. The number of hydrogen-bond acceptors (Lipinski definition) is 4. The highest BCUT2D eigenvalue weighted by Crippen LogP contribution is 1.87. The average molecular weight is 182 g/mol. The molecule has 0 aliphatic rings. The SMILES string of the molecule is CCOC(=O)C#CC(=N)C(N)CC. The van der Waals surface area contributed by atoms with E-state index < -0.39 is 5.97 Å². The first-order valence-electron chi connectivity index (χ1n) is 4.14. The van der Waals surface area contributed by atoms with E-state index in [4.69, 9.17) is 11.1 Å². The average Bonchev–Trinajstić information content (AvgIpc) is 2.13. The number of carbonyl (C=O) groups is 1. The molecule has 0 saturated carbocycles. The maximum atomic E-state index is 10.7. The molecule has 13 heavy (non-hydrogen) atoms. The van der Waals surface area contributed by atoms with Crippen LogP contribution in [0.15, 0.2) is 0 Å². The highest BCUT2D eigenvalue weighted by molar-refractivity contribution is 6.06. The second-order valence-electron chi connectivity index (χ2n) is 2.40. The standard InChI is InChI=1S/C9H14N2O2/c1-3-7(10)8(11)5-6-9(12)13-4-2/h7,11H,3-4,10H2,1-2H3. The van der Waals surface area contributed by atoms with Crippen LogP contribution in [0.4, 0.5) is 0 Å². The molecule has 3 N–H and O–H groups in total. The second kappa shape index (κ2) is 6.21. The molecule has 0 radical (unpaired) electrons. The van der Waals surface area contributed by atoms with Crippen molar-refractivity contribution in [2.24, 2.45) is 5.73 Å². The Labute approximate surface area is 78.0 Å². The molecule has 0 heterocycles. The summed E-state index contributed by atoms with van der Waals surface area (Å²) in [6.07, 6.45) is 0.635. The lowest BCUT2D eigenvalue weighted by Crippen LogP contribution is -2.27. The van der Waals surface area contributed by atoms with Gasteiger partial charge in [0.2, 0.25) is 0 Å². The molecule has 0 aliphatic heterocycles. The lowest BCUT2D eigenvalue weighted by molar-refractivity contribution is -0.136. The smallest absolute Gasteiger partial charge is 0.384 e. The molecule has 72 valence electrons. The predicted octanol–water partition coefficient (Wildman–Crippen LogP) is 0.310. The third kappa shape index (κ3) is 4.99. The normalized spacial score (nSPS) is 11.0. The van der Waals surface area contributed by atoms with Crippen LogP contribution in [0.1, 0.15) is 20.3 Å². The largest absolute Gasteiger partial charge is 0.456 e. The topological polar surface area (TPSA) is 76.2 Å². The van der Waals surface area contributed by atoms with Gasteiger partial charge in [0.15, 0.2) is 0 Å². The minimum absolute atomic E-state index is 0.0653. The Bertz CT molecular complexity index is 250. The Morgan fingerprint density at radius 1 is 1.54 bits per heavy atom. The predicted molar refractivity (Wildman–Crippen MR) is 50.4 cm³/mol. The van der Waals surface area contributed by atoms with E-state index in [1.165, 1.54) is 0 Å². The second-order valence-corrected chi connectivity index (χ2v) is 2.40. The molecule has 0 bridgehead atoms. The summed E-state index contributed by atoms with van der Waals surface area (Å²) in [5.74, 6) is 3.92. The van der Waals surface area contributed by atoms with Gasteiger partial charge in [0.25, 0.3) is 0 Å². The van der Waals surface area contributed by atoms with Crippen molar-refractivity contribution in [3.63, 3.8) is 0 Å². The zero-order valence-electron chi connectivity index (χ0n) is 7.89. The summed E-state index contributed by atoms with van der Waals surface area (Å²) in [7, 11) is 0. The van der Waals surface area contributed by atoms with E-state index in [2.05, 4.69) is 16.6 Å². The van der Waals surface area contributed by atoms with Crippen LogP contribution in [0.2, 0.25) is 0 Å². The lowest BCUT2D eigenvalue weighted by Gasteiger charge is -2.02. The van der Waals surface area contributed by atoms with Gasteiger partial charge in [-0.2, -0.15) is 0 Å². The van der Waals surface area contributed by atoms with Crippen molar-refractivity contribution < 1.29 is 9.53 Å². The highest BCUT2D eigenvalue weighted by Gasteiger charge is 2.03. The molecule has 0 saturated heterocycles. The van der Waals surface area contributed by atoms with Gasteiger partial charge in [-0.1, -0.05) is 6.92 Å². The van der Waals surface area contributed by atoms with Gasteiger partial charge in [-0.25, -0.2) is 4.79 Å². The van der Waals surface area contributed by atoms with Crippen molar-refractivity contribution >= 4 is 11.7 Å². The fourth-order valence-corrected chi connectivity index (χ4v) is 0.582. The highest BCUT2D eigenvalue weighted by atomic mass is 16.5. The Kier molecular flexibility index (Phi) is 5.57. The Balaban J connectivity index is 4.09. The maximum Gasteiger partial charge on any atom is 0.384 e. The molecule has 1 unspecified atom stereocenters. The quantitative estimate of drug-likeness (QED) is 0.285. The summed E-state index contributed by atoms with van der Waals surface area (Å²) < 4.78 is 4.56. The van der Waals surface area contributed by atoms with Gasteiger partial charge in [-0.3, -0.25) is 5.41 Å². The minimum Gasteiger partial charge on any atom is -0.456 e. The lowest BCUT2D eigenvalue weighted by atomic mass is 10.1. The van der Waals surface area contributed by atoms with Gasteiger partial charge in [-0.15, -0.1) is 0 Å². The number of carbonyl (C=O) groups excluding carboxylic acids is 1. The maximum absolute atomic E-state index is 10.7. The van der Waals surface area contributed by atoms with Gasteiger partial charge in [0.1, 0.15) is 0 Å². The molecular weight excluding hydrogens is 168 g/mol. The van der Waals surface area contributed by atoms with Crippen LogP contribution in [0.3, 0.4) is 0 Å². The molecule has 4 heteroatoms. The van der Waals surface area contributed by atoms with E-state index in [1.807, 2.05) is 6.92 Å². The fourth-order valence-electron chi connectivity index (χ4n) is 0.582. The van der Waals surface area contributed by atoms with Crippen molar-refractivity contribution in [3.8, 4) is 11.8 Å². The van der Waals surface area contributed by atoms with E-state index in [0.29, 0.717) is 13.0 Å². The molecule has 0 rings (SSSR count). The van der Waals surface area contributed by atoms with Crippen molar-refractivity contribution in [1.82, 2.24) is 0 Å². The first kappa shape index (κ1) is 11.7. The summed E-state index contributed by atoms with van der Waals surface area (Å²) >= 11 is 0. The third-order valence-corrected chi connectivity index (χ3v) is 1.39. The summed E-state index contributed by atoms with van der Waals surface area (Å²) in [4.78, 5) is 10.7.